The van der Waals surface area contributed by atoms with Gasteiger partial charge in [0, 0.05) is 12.6 Å². The van der Waals surface area contributed by atoms with Crippen molar-refractivity contribution in [1.82, 2.24) is 9.97 Å². The molecule has 0 aromatic carbocycles. The van der Waals surface area contributed by atoms with Crippen LogP contribution in [0.1, 0.15) is 19.3 Å². The van der Waals surface area contributed by atoms with Crippen LogP contribution >= 0.6 is 11.8 Å². The van der Waals surface area contributed by atoms with Gasteiger partial charge in [0.15, 0.2) is 5.16 Å². The lowest BCUT2D eigenvalue weighted by Gasteiger charge is -2.08. The summed E-state index contributed by atoms with van der Waals surface area (Å²) in [7, 11) is 0. The number of hydrogen-bond donors (Lipinski definition) is 3. The number of hydrazine groups is 1. The van der Waals surface area contributed by atoms with Crippen molar-refractivity contribution in [3.8, 4) is 0 Å². The molecule has 0 spiro atoms. The predicted molar refractivity (Wildman–Crippen MR) is 67.5 cm³/mol. The summed E-state index contributed by atoms with van der Waals surface area (Å²) in [4.78, 5) is 8.56. The zero-order valence-corrected chi connectivity index (χ0v) is 10.2. The largest absolute Gasteiger partial charge is 0.370 e. The molecule has 5 nitrogen and oxygen atoms in total. The zero-order chi connectivity index (χ0) is 11.4. The Morgan fingerprint density at radius 3 is 2.81 bits per heavy atom. The molecule has 0 unspecified atom stereocenters. The van der Waals surface area contributed by atoms with Gasteiger partial charge in [0.2, 0.25) is 0 Å². The topological polar surface area (TPSA) is 75.9 Å². The number of anilines is 2. The smallest absolute Gasteiger partial charge is 0.191 e. The average Bonchev–Trinajstić information content (AvgIpc) is 3.12. The first kappa shape index (κ1) is 11.5. The first-order chi connectivity index (χ1) is 7.81. The fourth-order valence-corrected chi connectivity index (χ4v) is 1.87. The van der Waals surface area contributed by atoms with Crippen LogP contribution in [0.4, 0.5) is 11.6 Å². The van der Waals surface area contributed by atoms with Crippen LogP contribution in [-0.4, -0.2) is 22.8 Å². The first-order valence-corrected chi connectivity index (χ1v) is 6.68. The van der Waals surface area contributed by atoms with Gasteiger partial charge in [-0.3, -0.25) is 0 Å². The van der Waals surface area contributed by atoms with Gasteiger partial charge in [0.25, 0.3) is 0 Å². The van der Waals surface area contributed by atoms with E-state index < -0.39 is 0 Å². The van der Waals surface area contributed by atoms with E-state index in [-0.39, 0.29) is 0 Å². The highest BCUT2D eigenvalue weighted by Gasteiger charge is 2.20. The number of nitrogen functional groups attached to an aromatic ring is 1. The van der Waals surface area contributed by atoms with Crippen molar-refractivity contribution >= 4 is 23.4 Å². The van der Waals surface area contributed by atoms with Gasteiger partial charge >= 0.3 is 0 Å². The minimum Gasteiger partial charge on any atom is -0.370 e. The second-order valence-electron chi connectivity index (χ2n) is 3.93. The maximum atomic E-state index is 5.35. The number of rotatable bonds is 6. The Bertz CT molecular complexity index is 331. The number of nitrogens with zero attached hydrogens (tertiary/aromatic N) is 2. The minimum atomic E-state index is 0.647. The van der Waals surface area contributed by atoms with Crippen molar-refractivity contribution in [2.45, 2.75) is 24.4 Å². The summed E-state index contributed by atoms with van der Waals surface area (Å²) in [5.74, 6) is 7.77. The lowest BCUT2D eigenvalue weighted by molar-refractivity contribution is 0.756. The van der Waals surface area contributed by atoms with Gasteiger partial charge in [-0.15, -0.1) is 0 Å². The lowest BCUT2D eigenvalue weighted by Crippen LogP contribution is -2.11. The third-order valence-corrected chi connectivity index (χ3v) is 3.14. The monoisotopic (exact) mass is 239 g/mol. The highest BCUT2D eigenvalue weighted by atomic mass is 32.2. The molecule has 1 heterocycles. The van der Waals surface area contributed by atoms with Crippen molar-refractivity contribution < 1.29 is 0 Å². The zero-order valence-electron chi connectivity index (χ0n) is 9.36. The fraction of sp³-hybridized carbons (Fsp3) is 0.600. The van der Waals surface area contributed by atoms with Crippen LogP contribution in [0.5, 0.6) is 0 Å². The second-order valence-corrected chi connectivity index (χ2v) is 4.70. The standard InChI is InChI=1S/C10H17N5S/c1-16-10-13-8(6-9(14-10)15-11)12-5-4-7-2-3-7/h6-7H,2-5,11H2,1H3,(H2,12,13,14,15). The highest BCUT2D eigenvalue weighted by molar-refractivity contribution is 7.98. The van der Waals surface area contributed by atoms with E-state index in [0.717, 1.165) is 23.4 Å². The Labute approximate surface area is 99.6 Å². The molecule has 0 radical (unpaired) electrons. The molecule has 1 fully saturated rings. The number of nitrogens with two attached hydrogens (primary N) is 1. The molecule has 0 amide bonds. The average molecular weight is 239 g/mol. The molecule has 2 rings (SSSR count). The number of aromatic nitrogens is 2. The van der Waals surface area contributed by atoms with Crippen molar-refractivity contribution in [3.05, 3.63) is 6.07 Å². The van der Waals surface area contributed by atoms with Crippen molar-refractivity contribution in [3.63, 3.8) is 0 Å². The molecule has 1 aliphatic rings. The Hall–Kier alpha value is -1.01. The molecule has 1 saturated carbocycles. The summed E-state index contributed by atoms with van der Waals surface area (Å²) >= 11 is 1.51. The Balaban J connectivity index is 1.94. The minimum absolute atomic E-state index is 0.647. The molecule has 6 heteroatoms. The Morgan fingerprint density at radius 1 is 1.44 bits per heavy atom. The van der Waals surface area contributed by atoms with Crippen LogP contribution in [0, 0.1) is 5.92 Å². The van der Waals surface area contributed by atoms with Gasteiger partial charge in [-0.05, 0) is 18.6 Å². The van der Waals surface area contributed by atoms with Crippen molar-refractivity contribution in [2.24, 2.45) is 11.8 Å². The van der Waals surface area contributed by atoms with E-state index in [1.54, 1.807) is 0 Å². The molecule has 1 aliphatic carbocycles. The number of thioether (sulfide) groups is 1. The summed E-state index contributed by atoms with van der Waals surface area (Å²) < 4.78 is 0. The summed E-state index contributed by atoms with van der Waals surface area (Å²) in [6.45, 7) is 0.972. The maximum absolute atomic E-state index is 5.35. The van der Waals surface area contributed by atoms with Crippen LogP contribution in [0.3, 0.4) is 0 Å². The first-order valence-electron chi connectivity index (χ1n) is 5.45. The molecular weight excluding hydrogens is 222 g/mol. The van der Waals surface area contributed by atoms with E-state index in [9.17, 15) is 0 Å². The molecule has 1 aromatic heterocycles. The fourth-order valence-electron chi connectivity index (χ4n) is 1.49. The highest BCUT2D eigenvalue weighted by Crippen LogP contribution is 2.32. The van der Waals surface area contributed by atoms with Crippen LogP contribution in [0.25, 0.3) is 0 Å². The van der Waals surface area contributed by atoms with E-state index >= 15 is 0 Å². The molecule has 0 saturated heterocycles. The van der Waals surface area contributed by atoms with E-state index in [4.69, 9.17) is 5.84 Å². The number of hydrogen-bond acceptors (Lipinski definition) is 6. The van der Waals surface area contributed by atoms with Gasteiger partial charge in [-0.1, -0.05) is 24.6 Å². The van der Waals surface area contributed by atoms with Gasteiger partial charge < -0.3 is 10.7 Å². The molecular formula is C10H17N5S. The SMILES string of the molecule is CSc1nc(NN)cc(NCCC2CC2)n1. The quantitative estimate of drug-likeness (QED) is 0.303. The second kappa shape index (κ2) is 5.36. The molecule has 0 bridgehead atoms. The third kappa shape index (κ3) is 3.24. The predicted octanol–water partition coefficient (Wildman–Crippen LogP) is 1.70. The van der Waals surface area contributed by atoms with Crippen LogP contribution in [0.2, 0.25) is 0 Å². The van der Waals surface area contributed by atoms with Crippen molar-refractivity contribution in [2.75, 3.05) is 23.5 Å². The van der Waals surface area contributed by atoms with Crippen molar-refractivity contribution in [1.29, 1.82) is 0 Å². The summed E-state index contributed by atoms with van der Waals surface area (Å²) in [6.07, 6.45) is 5.95. The molecule has 1 aromatic rings. The molecule has 4 N–H and O–H groups in total. The summed E-state index contributed by atoms with van der Waals surface area (Å²) in [5.41, 5.74) is 2.55. The van der Waals surface area contributed by atoms with E-state index in [0.29, 0.717) is 5.82 Å². The van der Waals surface area contributed by atoms with Crippen LogP contribution < -0.4 is 16.6 Å². The summed E-state index contributed by atoms with van der Waals surface area (Å²) in [6, 6.07) is 1.83. The van der Waals surface area contributed by atoms with Gasteiger partial charge in [0.05, 0.1) is 0 Å². The molecule has 0 atom stereocenters. The third-order valence-electron chi connectivity index (χ3n) is 2.59. The maximum Gasteiger partial charge on any atom is 0.191 e. The van der Waals surface area contributed by atoms with Gasteiger partial charge in [0.1, 0.15) is 11.6 Å². The Morgan fingerprint density at radius 2 is 2.19 bits per heavy atom. The summed E-state index contributed by atoms with van der Waals surface area (Å²) in [5, 5.41) is 4.03. The Kier molecular flexibility index (Phi) is 3.84. The van der Waals surface area contributed by atoms with Gasteiger partial charge in [-0.25, -0.2) is 15.8 Å². The molecule has 0 aliphatic heterocycles. The van der Waals surface area contributed by atoms with Crippen LogP contribution in [-0.2, 0) is 0 Å². The molecule has 88 valence electrons. The number of nitrogens with one attached hydrogen (secondary N) is 2. The van der Waals surface area contributed by atoms with E-state index in [2.05, 4.69) is 20.7 Å². The van der Waals surface area contributed by atoms with E-state index in [1.165, 1.54) is 31.0 Å². The van der Waals surface area contributed by atoms with Crippen LogP contribution in [0.15, 0.2) is 11.2 Å². The lowest BCUT2D eigenvalue weighted by atomic mass is 10.3. The molecule has 16 heavy (non-hydrogen) atoms. The van der Waals surface area contributed by atoms with E-state index in [1.807, 2.05) is 12.3 Å². The van der Waals surface area contributed by atoms with Gasteiger partial charge in [-0.2, -0.15) is 0 Å². The normalized spacial score (nSPS) is 14.9.